The summed E-state index contributed by atoms with van der Waals surface area (Å²) in [6.07, 6.45) is 0.671. The van der Waals surface area contributed by atoms with E-state index in [9.17, 15) is 8.42 Å². The average molecular weight is 315 g/mol. The number of sulfone groups is 1. The Balaban J connectivity index is 1.72. The number of nitrogens with one attached hydrogen (secondary N) is 1. The van der Waals surface area contributed by atoms with E-state index >= 15 is 0 Å². The zero-order chi connectivity index (χ0) is 15.2. The molecule has 1 atom stereocenters. The van der Waals surface area contributed by atoms with Crippen LogP contribution in [0.4, 0.5) is 0 Å². The lowest BCUT2D eigenvalue weighted by atomic mass is 9.94. The summed E-state index contributed by atoms with van der Waals surface area (Å²) < 4.78 is 29.4. The Bertz CT molecular complexity index is 771. The molecule has 0 amide bonds. The molecular weight excluding hydrogens is 298 g/mol. The topological polar surface area (TPSA) is 55.4 Å². The van der Waals surface area contributed by atoms with Crippen LogP contribution < -0.4 is 10.1 Å². The largest absolute Gasteiger partial charge is 0.457 e. The van der Waals surface area contributed by atoms with Gasteiger partial charge in [-0.05, 0) is 18.6 Å². The minimum atomic E-state index is -2.89. The van der Waals surface area contributed by atoms with E-state index in [1.807, 2.05) is 48.5 Å². The van der Waals surface area contributed by atoms with Crippen LogP contribution in [0, 0.1) is 0 Å². The fraction of sp³-hybridized carbons (Fsp3) is 0.294. The van der Waals surface area contributed by atoms with Crippen molar-refractivity contribution in [1.29, 1.82) is 0 Å². The van der Waals surface area contributed by atoms with Crippen molar-refractivity contribution in [2.24, 2.45) is 0 Å². The quantitative estimate of drug-likeness (QED) is 0.926. The van der Waals surface area contributed by atoms with Crippen LogP contribution in [0.15, 0.2) is 48.5 Å². The van der Waals surface area contributed by atoms with E-state index in [0.29, 0.717) is 6.42 Å². The summed E-state index contributed by atoms with van der Waals surface area (Å²) in [5.41, 5.74) is 2.12. The first-order chi connectivity index (χ1) is 10.6. The van der Waals surface area contributed by atoms with Crippen LogP contribution in [-0.2, 0) is 9.84 Å². The Kier molecular flexibility index (Phi) is 3.20. The summed E-state index contributed by atoms with van der Waals surface area (Å²) >= 11 is 0. The third-order valence-corrected chi connectivity index (χ3v) is 6.08. The predicted octanol–water partition coefficient (Wildman–Crippen LogP) is 2.66. The summed E-state index contributed by atoms with van der Waals surface area (Å²) in [5, 5.41) is 3.53. The first kappa shape index (κ1) is 13.8. The Labute approximate surface area is 130 Å². The third-order valence-electron chi connectivity index (χ3n) is 4.31. The Morgan fingerprint density at radius 2 is 1.55 bits per heavy atom. The van der Waals surface area contributed by atoms with E-state index in [1.54, 1.807) is 0 Å². The van der Waals surface area contributed by atoms with Crippen molar-refractivity contribution in [3.8, 4) is 11.5 Å². The highest BCUT2D eigenvalue weighted by molar-refractivity contribution is 7.91. The molecule has 4 rings (SSSR count). The molecule has 1 fully saturated rings. The molecule has 0 saturated carbocycles. The van der Waals surface area contributed by atoms with Crippen molar-refractivity contribution in [3.63, 3.8) is 0 Å². The molecule has 0 aliphatic carbocycles. The van der Waals surface area contributed by atoms with Crippen LogP contribution in [0.2, 0.25) is 0 Å². The van der Waals surface area contributed by atoms with Crippen LogP contribution in [0.3, 0.4) is 0 Å². The van der Waals surface area contributed by atoms with E-state index in [1.165, 1.54) is 0 Å². The van der Waals surface area contributed by atoms with Gasteiger partial charge in [0.25, 0.3) is 0 Å². The molecule has 22 heavy (non-hydrogen) atoms. The minimum absolute atomic E-state index is 0.00536. The molecule has 0 aromatic heterocycles. The van der Waals surface area contributed by atoms with Gasteiger partial charge in [0, 0.05) is 17.2 Å². The predicted molar refractivity (Wildman–Crippen MR) is 85.0 cm³/mol. The standard InChI is InChI=1S/C17H17NO3S/c19-22(20)10-9-12(11-22)18-17-13-5-1-3-7-15(13)21-16-8-4-2-6-14(16)17/h1-8,12,17-18H,9-11H2/t12-/m1/s1. The molecule has 2 aliphatic heterocycles. The van der Waals surface area contributed by atoms with E-state index in [4.69, 9.17) is 4.74 Å². The number of fused-ring (bicyclic) bond motifs is 2. The summed E-state index contributed by atoms with van der Waals surface area (Å²) in [5.74, 6) is 2.16. The molecule has 0 spiro atoms. The smallest absolute Gasteiger partial charge is 0.151 e. The second-order valence-electron chi connectivity index (χ2n) is 5.88. The molecule has 114 valence electrons. The SMILES string of the molecule is O=S1(=O)CC[C@@H](NC2c3ccccc3Oc3ccccc32)C1. The van der Waals surface area contributed by atoms with E-state index < -0.39 is 9.84 Å². The molecule has 2 aromatic carbocycles. The third kappa shape index (κ3) is 2.40. The van der Waals surface area contributed by atoms with Gasteiger partial charge in [-0.15, -0.1) is 0 Å². The van der Waals surface area contributed by atoms with Gasteiger partial charge in [0.05, 0.1) is 17.5 Å². The number of benzene rings is 2. The van der Waals surface area contributed by atoms with Crippen molar-refractivity contribution in [1.82, 2.24) is 5.32 Å². The highest BCUT2D eigenvalue weighted by atomic mass is 32.2. The molecule has 4 nitrogen and oxygen atoms in total. The van der Waals surface area contributed by atoms with E-state index in [0.717, 1.165) is 22.6 Å². The van der Waals surface area contributed by atoms with Crippen molar-refractivity contribution in [2.45, 2.75) is 18.5 Å². The first-order valence-electron chi connectivity index (χ1n) is 7.44. The van der Waals surface area contributed by atoms with Gasteiger partial charge in [-0.1, -0.05) is 36.4 Å². The molecule has 0 bridgehead atoms. The van der Waals surface area contributed by atoms with Crippen LogP contribution >= 0.6 is 0 Å². The van der Waals surface area contributed by atoms with E-state index in [-0.39, 0.29) is 23.6 Å². The van der Waals surface area contributed by atoms with Crippen molar-refractivity contribution in [2.75, 3.05) is 11.5 Å². The molecular formula is C17H17NO3S. The maximum absolute atomic E-state index is 11.7. The maximum Gasteiger partial charge on any atom is 0.151 e. The van der Waals surface area contributed by atoms with Gasteiger partial charge in [0.1, 0.15) is 11.5 Å². The summed E-state index contributed by atoms with van der Waals surface area (Å²) in [4.78, 5) is 0. The van der Waals surface area contributed by atoms with Gasteiger partial charge < -0.3 is 10.1 Å². The van der Waals surface area contributed by atoms with Gasteiger partial charge in [-0.3, -0.25) is 0 Å². The summed E-state index contributed by atoms with van der Waals surface area (Å²) in [6.45, 7) is 0. The lowest BCUT2D eigenvalue weighted by Crippen LogP contribution is -2.35. The van der Waals surface area contributed by atoms with Crippen LogP contribution in [-0.4, -0.2) is 26.0 Å². The Morgan fingerprint density at radius 1 is 0.955 bits per heavy atom. The summed E-state index contributed by atoms with van der Waals surface area (Å²) in [6, 6.07) is 15.8. The summed E-state index contributed by atoms with van der Waals surface area (Å²) in [7, 11) is -2.89. The Morgan fingerprint density at radius 3 is 2.09 bits per heavy atom. The zero-order valence-electron chi connectivity index (χ0n) is 12.0. The fourth-order valence-corrected chi connectivity index (χ4v) is 4.94. The first-order valence-corrected chi connectivity index (χ1v) is 9.27. The van der Waals surface area contributed by atoms with Crippen molar-refractivity contribution in [3.05, 3.63) is 59.7 Å². The lowest BCUT2D eigenvalue weighted by molar-refractivity contribution is 0.411. The monoisotopic (exact) mass is 315 g/mol. The number of hydrogen-bond acceptors (Lipinski definition) is 4. The second kappa shape index (κ2) is 5.11. The fourth-order valence-electron chi connectivity index (χ4n) is 3.25. The lowest BCUT2D eigenvalue weighted by Gasteiger charge is -2.30. The number of hydrogen-bond donors (Lipinski definition) is 1. The van der Waals surface area contributed by atoms with Crippen molar-refractivity contribution < 1.29 is 13.2 Å². The van der Waals surface area contributed by atoms with Gasteiger partial charge in [-0.25, -0.2) is 8.42 Å². The molecule has 5 heteroatoms. The van der Waals surface area contributed by atoms with Gasteiger partial charge >= 0.3 is 0 Å². The van der Waals surface area contributed by atoms with Gasteiger partial charge in [-0.2, -0.15) is 0 Å². The number of rotatable bonds is 2. The normalized spacial score (nSPS) is 22.6. The van der Waals surface area contributed by atoms with Gasteiger partial charge in [0.2, 0.25) is 0 Å². The van der Waals surface area contributed by atoms with Crippen molar-refractivity contribution >= 4 is 9.84 Å². The molecule has 0 unspecified atom stereocenters. The Hall–Kier alpha value is -1.85. The molecule has 2 aliphatic rings. The average Bonchev–Trinajstić information content (AvgIpc) is 2.86. The maximum atomic E-state index is 11.7. The molecule has 2 heterocycles. The van der Waals surface area contributed by atoms with Crippen LogP contribution in [0.1, 0.15) is 23.6 Å². The molecule has 2 aromatic rings. The van der Waals surface area contributed by atoms with Gasteiger partial charge in [0.15, 0.2) is 9.84 Å². The highest BCUT2D eigenvalue weighted by Gasteiger charge is 2.33. The minimum Gasteiger partial charge on any atom is -0.457 e. The van der Waals surface area contributed by atoms with E-state index in [2.05, 4.69) is 5.32 Å². The van der Waals surface area contributed by atoms with Crippen LogP contribution in [0.5, 0.6) is 11.5 Å². The van der Waals surface area contributed by atoms with Crippen LogP contribution in [0.25, 0.3) is 0 Å². The number of ether oxygens (including phenoxy) is 1. The number of para-hydroxylation sites is 2. The second-order valence-corrected chi connectivity index (χ2v) is 8.11. The zero-order valence-corrected chi connectivity index (χ0v) is 12.8. The molecule has 0 radical (unpaired) electrons. The molecule has 1 saturated heterocycles. The highest BCUT2D eigenvalue weighted by Crippen LogP contribution is 2.42. The molecule has 1 N–H and O–H groups in total.